The van der Waals surface area contributed by atoms with Crippen LogP contribution in [-0.2, 0) is 0 Å². The third-order valence-electron chi connectivity index (χ3n) is 2.22. The van der Waals surface area contributed by atoms with E-state index in [0.29, 0.717) is 11.4 Å². The summed E-state index contributed by atoms with van der Waals surface area (Å²) in [6.07, 6.45) is 0. The van der Waals surface area contributed by atoms with Crippen LogP contribution in [-0.4, -0.2) is 0 Å². The van der Waals surface area contributed by atoms with Gasteiger partial charge in [-0.3, -0.25) is 0 Å². The fourth-order valence-electron chi connectivity index (χ4n) is 1.36. The van der Waals surface area contributed by atoms with Gasteiger partial charge in [0.2, 0.25) is 0 Å². The molecule has 5 heteroatoms. The first kappa shape index (κ1) is 11.7. The van der Waals surface area contributed by atoms with E-state index in [1.807, 2.05) is 0 Å². The minimum absolute atomic E-state index is 0.0242. The predicted octanol–water partition coefficient (Wildman–Crippen LogP) is 3.94. The minimum Gasteiger partial charge on any atom is -0.397 e. The Morgan fingerprint density at radius 3 is 2.35 bits per heavy atom. The van der Waals surface area contributed by atoms with Crippen molar-refractivity contribution in [2.75, 3.05) is 11.1 Å². The minimum atomic E-state index is -0.575. The zero-order valence-electron chi connectivity index (χ0n) is 8.68. The lowest BCUT2D eigenvalue weighted by molar-refractivity contribution is 0.628. The molecule has 0 saturated heterocycles. The maximum atomic E-state index is 13.1. The molecule has 0 spiro atoms. The summed E-state index contributed by atoms with van der Waals surface area (Å²) in [6.45, 7) is 0. The highest BCUT2D eigenvalue weighted by Crippen LogP contribution is 2.28. The molecular weight excluding hydrogens is 246 g/mol. The van der Waals surface area contributed by atoms with Crippen molar-refractivity contribution in [1.29, 1.82) is 0 Å². The van der Waals surface area contributed by atoms with Gasteiger partial charge in [0.25, 0.3) is 0 Å². The van der Waals surface area contributed by atoms with E-state index in [4.69, 9.17) is 17.3 Å². The summed E-state index contributed by atoms with van der Waals surface area (Å²) >= 11 is 5.65. The fourth-order valence-corrected chi connectivity index (χ4v) is 1.52. The van der Waals surface area contributed by atoms with Gasteiger partial charge in [-0.15, -0.1) is 0 Å². The number of halogens is 3. The Bertz CT molecular complexity index is 541. The van der Waals surface area contributed by atoms with E-state index >= 15 is 0 Å². The number of nitrogens with two attached hydrogens (primary N) is 1. The van der Waals surface area contributed by atoms with Gasteiger partial charge < -0.3 is 11.1 Å². The quantitative estimate of drug-likeness (QED) is 0.797. The molecule has 2 aromatic carbocycles. The molecule has 0 amide bonds. The molecule has 17 heavy (non-hydrogen) atoms. The molecule has 3 N–H and O–H groups in total. The Kier molecular flexibility index (Phi) is 3.15. The lowest BCUT2D eigenvalue weighted by Gasteiger charge is -2.10. The van der Waals surface area contributed by atoms with Gasteiger partial charge in [0, 0.05) is 11.8 Å². The summed E-state index contributed by atoms with van der Waals surface area (Å²) in [5, 5.41) is 2.90. The molecule has 0 heterocycles. The third kappa shape index (κ3) is 2.65. The van der Waals surface area contributed by atoms with Gasteiger partial charge >= 0.3 is 0 Å². The standard InChI is InChI=1S/C12H9ClF2N2/c13-9-5-12(11(16)6-10(9)15)17-8-3-1-7(14)2-4-8/h1-6,17H,16H2. The molecule has 0 unspecified atom stereocenters. The van der Waals surface area contributed by atoms with Crippen LogP contribution >= 0.6 is 11.6 Å². The molecule has 0 aliphatic carbocycles. The zero-order chi connectivity index (χ0) is 12.4. The van der Waals surface area contributed by atoms with E-state index in [2.05, 4.69) is 5.32 Å². The van der Waals surface area contributed by atoms with E-state index in [1.165, 1.54) is 18.2 Å². The first-order valence-corrected chi connectivity index (χ1v) is 5.21. The van der Waals surface area contributed by atoms with E-state index in [9.17, 15) is 8.78 Å². The first-order chi connectivity index (χ1) is 8.06. The van der Waals surface area contributed by atoms with Crippen molar-refractivity contribution in [2.24, 2.45) is 0 Å². The van der Waals surface area contributed by atoms with Gasteiger partial charge in [0.1, 0.15) is 11.6 Å². The van der Waals surface area contributed by atoms with Crippen LogP contribution in [0.1, 0.15) is 0 Å². The Labute approximate surface area is 102 Å². The summed E-state index contributed by atoms with van der Waals surface area (Å²) in [5.41, 5.74) is 6.98. The maximum absolute atomic E-state index is 13.1. The molecule has 88 valence electrons. The van der Waals surface area contributed by atoms with Crippen LogP contribution in [0.2, 0.25) is 5.02 Å². The van der Waals surface area contributed by atoms with E-state index in [-0.39, 0.29) is 16.5 Å². The average Bonchev–Trinajstić information content (AvgIpc) is 2.29. The molecular formula is C12H9ClF2N2. The highest BCUT2D eigenvalue weighted by Gasteiger charge is 2.06. The van der Waals surface area contributed by atoms with Crippen molar-refractivity contribution in [1.82, 2.24) is 0 Å². The highest BCUT2D eigenvalue weighted by molar-refractivity contribution is 6.31. The lowest BCUT2D eigenvalue weighted by Crippen LogP contribution is -1.97. The van der Waals surface area contributed by atoms with Crippen LogP contribution < -0.4 is 11.1 Å². The second kappa shape index (κ2) is 4.59. The number of nitrogen functional groups attached to an aromatic ring is 1. The van der Waals surface area contributed by atoms with E-state index in [0.717, 1.165) is 6.07 Å². The Balaban J connectivity index is 2.30. The zero-order valence-corrected chi connectivity index (χ0v) is 9.43. The monoisotopic (exact) mass is 254 g/mol. The van der Waals surface area contributed by atoms with Gasteiger partial charge in [-0.2, -0.15) is 0 Å². The number of rotatable bonds is 2. The Hall–Kier alpha value is -1.81. The molecule has 2 rings (SSSR count). The van der Waals surface area contributed by atoms with E-state index < -0.39 is 5.82 Å². The molecule has 0 atom stereocenters. The lowest BCUT2D eigenvalue weighted by atomic mass is 10.2. The van der Waals surface area contributed by atoms with Crippen molar-refractivity contribution >= 4 is 28.7 Å². The van der Waals surface area contributed by atoms with E-state index in [1.54, 1.807) is 12.1 Å². The van der Waals surface area contributed by atoms with Gasteiger partial charge in [-0.05, 0) is 30.3 Å². The Morgan fingerprint density at radius 2 is 1.71 bits per heavy atom. The molecule has 0 fully saturated rings. The average molecular weight is 255 g/mol. The molecule has 0 aromatic heterocycles. The van der Waals surface area contributed by atoms with Crippen LogP contribution in [0.4, 0.5) is 25.8 Å². The normalized spacial score (nSPS) is 10.3. The number of hydrogen-bond acceptors (Lipinski definition) is 2. The van der Waals surface area contributed by atoms with Gasteiger partial charge in [-0.1, -0.05) is 11.6 Å². The van der Waals surface area contributed by atoms with Gasteiger partial charge in [-0.25, -0.2) is 8.78 Å². The second-order valence-electron chi connectivity index (χ2n) is 3.49. The van der Waals surface area contributed by atoms with Crippen molar-refractivity contribution < 1.29 is 8.78 Å². The largest absolute Gasteiger partial charge is 0.397 e. The molecule has 0 aliphatic heterocycles. The summed E-state index contributed by atoms with van der Waals surface area (Å²) in [7, 11) is 0. The molecule has 0 bridgehead atoms. The molecule has 0 saturated carbocycles. The predicted molar refractivity (Wildman–Crippen MR) is 65.5 cm³/mol. The number of benzene rings is 2. The summed E-state index contributed by atoms with van der Waals surface area (Å²) in [4.78, 5) is 0. The van der Waals surface area contributed by atoms with Crippen LogP contribution in [0.25, 0.3) is 0 Å². The molecule has 2 aromatic rings. The van der Waals surface area contributed by atoms with Gasteiger partial charge in [0.15, 0.2) is 0 Å². The summed E-state index contributed by atoms with van der Waals surface area (Å²) in [5.74, 6) is -0.908. The number of nitrogens with one attached hydrogen (secondary N) is 1. The summed E-state index contributed by atoms with van der Waals surface area (Å²) in [6, 6.07) is 8.23. The van der Waals surface area contributed by atoms with Crippen LogP contribution in [0.5, 0.6) is 0 Å². The van der Waals surface area contributed by atoms with Crippen LogP contribution in [0.3, 0.4) is 0 Å². The number of hydrogen-bond donors (Lipinski definition) is 2. The van der Waals surface area contributed by atoms with Crippen LogP contribution in [0, 0.1) is 11.6 Å². The SMILES string of the molecule is Nc1cc(F)c(Cl)cc1Nc1ccc(F)cc1. The second-order valence-corrected chi connectivity index (χ2v) is 3.89. The smallest absolute Gasteiger partial charge is 0.143 e. The molecule has 2 nitrogen and oxygen atoms in total. The number of anilines is 3. The molecule has 0 aliphatic rings. The van der Waals surface area contributed by atoms with Crippen molar-refractivity contribution in [3.63, 3.8) is 0 Å². The first-order valence-electron chi connectivity index (χ1n) is 4.83. The van der Waals surface area contributed by atoms with Crippen molar-refractivity contribution in [3.05, 3.63) is 53.1 Å². The third-order valence-corrected chi connectivity index (χ3v) is 2.51. The highest BCUT2D eigenvalue weighted by atomic mass is 35.5. The van der Waals surface area contributed by atoms with Crippen molar-refractivity contribution in [3.8, 4) is 0 Å². The topological polar surface area (TPSA) is 38.0 Å². The Morgan fingerprint density at radius 1 is 1.06 bits per heavy atom. The van der Waals surface area contributed by atoms with Crippen LogP contribution in [0.15, 0.2) is 36.4 Å². The summed E-state index contributed by atoms with van der Waals surface area (Å²) < 4.78 is 25.8. The molecule has 0 radical (unpaired) electrons. The van der Waals surface area contributed by atoms with Crippen molar-refractivity contribution in [2.45, 2.75) is 0 Å². The van der Waals surface area contributed by atoms with Gasteiger partial charge in [0.05, 0.1) is 16.4 Å². The fraction of sp³-hybridized carbons (Fsp3) is 0. The maximum Gasteiger partial charge on any atom is 0.143 e.